The zero-order valence-electron chi connectivity index (χ0n) is 19.0. The molecule has 8 heteroatoms. The maximum absolute atomic E-state index is 13.4. The van der Waals surface area contributed by atoms with Crippen molar-refractivity contribution in [3.8, 4) is 17.1 Å². The number of thioether (sulfide) groups is 1. The summed E-state index contributed by atoms with van der Waals surface area (Å²) >= 11 is 4.91. The first-order valence-corrected chi connectivity index (χ1v) is 12.4. The molecule has 1 aliphatic rings. The van der Waals surface area contributed by atoms with E-state index in [1.165, 1.54) is 11.8 Å². The van der Waals surface area contributed by atoms with Crippen molar-refractivity contribution in [2.24, 2.45) is 4.99 Å². The average Bonchev–Trinajstić information content (AvgIpc) is 3.59. The van der Waals surface area contributed by atoms with E-state index < -0.39 is 0 Å². The number of furan rings is 2. The topological polar surface area (TPSA) is 68.2 Å². The molecule has 0 bridgehead atoms. The van der Waals surface area contributed by atoms with Gasteiger partial charge in [-0.2, -0.15) is 0 Å². The molecule has 1 saturated heterocycles. The van der Waals surface area contributed by atoms with E-state index in [1.54, 1.807) is 30.4 Å². The summed E-state index contributed by atoms with van der Waals surface area (Å²) in [6.45, 7) is 2.32. The highest BCUT2D eigenvalue weighted by molar-refractivity contribution is 9.10. The van der Waals surface area contributed by atoms with Gasteiger partial charge in [0.15, 0.2) is 5.17 Å². The molecule has 4 aromatic rings. The molecule has 1 amide bonds. The minimum Gasteiger partial charge on any atom is -0.497 e. The van der Waals surface area contributed by atoms with Crippen LogP contribution in [-0.2, 0) is 11.3 Å². The summed E-state index contributed by atoms with van der Waals surface area (Å²) in [4.78, 5) is 20.2. The number of halogens is 1. The lowest BCUT2D eigenvalue weighted by atomic mass is 10.1. The van der Waals surface area contributed by atoms with E-state index in [9.17, 15) is 4.79 Å². The van der Waals surface area contributed by atoms with Crippen LogP contribution in [-0.4, -0.2) is 23.1 Å². The Hall–Kier alpha value is -3.49. The second-order valence-electron chi connectivity index (χ2n) is 7.86. The zero-order chi connectivity index (χ0) is 24.4. The zero-order valence-corrected chi connectivity index (χ0v) is 21.4. The quantitative estimate of drug-likeness (QED) is 0.234. The summed E-state index contributed by atoms with van der Waals surface area (Å²) in [5.74, 6) is 2.57. The van der Waals surface area contributed by atoms with Gasteiger partial charge in [-0.05, 0) is 84.9 Å². The first kappa shape index (κ1) is 23.3. The van der Waals surface area contributed by atoms with Crippen LogP contribution in [0.1, 0.15) is 17.1 Å². The van der Waals surface area contributed by atoms with Crippen LogP contribution in [0.2, 0.25) is 0 Å². The predicted molar refractivity (Wildman–Crippen MR) is 141 cm³/mol. The molecule has 1 aliphatic heterocycles. The highest BCUT2D eigenvalue weighted by Crippen LogP contribution is 2.37. The minimum atomic E-state index is -0.159. The van der Waals surface area contributed by atoms with Gasteiger partial charge < -0.3 is 13.6 Å². The van der Waals surface area contributed by atoms with E-state index in [-0.39, 0.29) is 12.5 Å². The Kier molecular flexibility index (Phi) is 6.66. The molecular weight excluding hydrogens is 528 g/mol. The van der Waals surface area contributed by atoms with Crippen LogP contribution < -0.4 is 4.74 Å². The highest BCUT2D eigenvalue weighted by Gasteiger charge is 2.34. The molecule has 0 atom stereocenters. The molecule has 35 heavy (non-hydrogen) atoms. The standard InChI is InChI=1S/C27H21BrN2O4S/c1-17-5-11-22(23(28)14-17)24-12-10-20(34-24)15-25-26(31)30(16-21-4-3-13-33-21)27(35-25)29-18-6-8-19(32-2)9-7-18/h3-15H,16H2,1-2H3/b25-15-,29-27?. The Labute approximate surface area is 215 Å². The third-order valence-corrected chi connectivity index (χ3v) is 7.03. The summed E-state index contributed by atoms with van der Waals surface area (Å²) in [7, 11) is 1.62. The van der Waals surface area contributed by atoms with Crippen LogP contribution in [0.3, 0.4) is 0 Å². The fourth-order valence-corrected chi connectivity index (χ4v) is 5.25. The fourth-order valence-electron chi connectivity index (χ4n) is 3.58. The lowest BCUT2D eigenvalue weighted by Gasteiger charge is -2.13. The summed E-state index contributed by atoms with van der Waals surface area (Å²) in [5.41, 5.74) is 2.82. The van der Waals surface area contributed by atoms with Gasteiger partial charge in [-0.25, -0.2) is 4.99 Å². The van der Waals surface area contributed by atoms with Crippen LogP contribution in [0.4, 0.5) is 5.69 Å². The molecule has 0 saturated carbocycles. The molecule has 1 fully saturated rings. The van der Waals surface area contributed by atoms with Crippen molar-refractivity contribution in [3.05, 3.63) is 99.5 Å². The second kappa shape index (κ2) is 10.0. The van der Waals surface area contributed by atoms with E-state index in [0.717, 1.165) is 32.8 Å². The van der Waals surface area contributed by atoms with Gasteiger partial charge >= 0.3 is 0 Å². The molecular formula is C27H21BrN2O4S. The number of amides is 1. The van der Waals surface area contributed by atoms with Gasteiger partial charge in [0.25, 0.3) is 5.91 Å². The molecule has 0 aliphatic carbocycles. The number of amidine groups is 1. The van der Waals surface area contributed by atoms with E-state index in [2.05, 4.69) is 15.9 Å². The number of hydrogen-bond donors (Lipinski definition) is 0. The van der Waals surface area contributed by atoms with Crippen molar-refractivity contribution in [2.45, 2.75) is 13.5 Å². The maximum Gasteiger partial charge on any atom is 0.267 e. The van der Waals surface area contributed by atoms with Crippen molar-refractivity contribution in [1.82, 2.24) is 4.90 Å². The molecule has 2 aromatic carbocycles. The summed E-state index contributed by atoms with van der Waals surface area (Å²) < 4.78 is 17.7. The molecule has 0 unspecified atom stereocenters. The Morgan fingerprint density at radius 2 is 1.94 bits per heavy atom. The third kappa shape index (κ3) is 5.13. The van der Waals surface area contributed by atoms with Crippen molar-refractivity contribution in [3.63, 3.8) is 0 Å². The molecule has 6 nitrogen and oxygen atoms in total. The number of nitrogens with zero attached hydrogens (tertiary/aromatic N) is 2. The van der Waals surface area contributed by atoms with E-state index >= 15 is 0 Å². The Morgan fingerprint density at radius 1 is 1.11 bits per heavy atom. The van der Waals surface area contributed by atoms with Gasteiger partial charge in [-0.3, -0.25) is 9.69 Å². The van der Waals surface area contributed by atoms with E-state index in [1.807, 2.05) is 67.6 Å². The molecule has 0 N–H and O–H groups in total. The molecule has 0 radical (unpaired) electrons. The van der Waals surface area contributed by atoms with Crippen LogP contribution in [0.15, 0.2) is 96.2 Å². The number of rotatable bonds is 6. The Morgan fingerprint density at radius 3 is 2.66 bits per heavy atom. The number of ether oxygens (including phenoxy) is 1. The normalized spacial score (nSPS) is 16.0. The van der Waals surface area contributed by atoms with Gasteiger partial charge in [-0.15, -0.1) is 0 Å². The number of benzene rings is 2. The largest absolute Gasteiger partial charge is 0.497 e. The maximum atomic E-state index is 13.4. The smallest absolute Gasteiger partial charge is 0.267 e. The van der Waals surface area contributed by atoms with Crippen LogP contribution >= 0.6 is 27.7 Å². The molecule has 176 valence electrons. The van der Waals surface area contributed by atoms with Gasteiger partial charge in [0.1, 0.15) is 23.0 Å². The third-order valence-electron chi connectivity index (χ3n) is 5.37. The lowest BCUT2D eigenvalue weighted by Crippen LogP contribution is -2.28. The minimum absolute atomic E-state index is 0.159. The van der Waals surface area contributed by atoms with Gasteiger partial charge in [0, 0.05) is 16.1 Å². The Bertz CT molecular complexity index is 1420. The molecule has 5 rings (SSSR count). The summed E-state index contributed by atoms with van der Waals surface area (Å²) in [6, 6.07) is 20.9. The number of aliphatic imine (C=N–C) groups is 1. The van der Waals surface area contributed by atoms with Crippen LogP contribution in [0.25, 0.3) is 17.4 Å². The van der Waals surface area contributed by atoms with Crippen molar-refractivity contribution < 1.29 is 18.4 Å². The van der Waals surface area contributed by atoms with Gasteiger partial charge in [0.05, 0.1) is 30.5 Å². The van der Waals surface area contributed by atoms with E-state index in [4.69, 9.17) is 18.6 Å². The summed E-state index contributed by atoms with van der Waals surface area (Å²) in [5, 5.41) is 0.566. The van der Waals surface area contributed by atoms with Gasteiger partial charge in [0.2, 0.25) is 0 Å². The number of carbonyl (C=O) groups is 1. The molecule has 0 spiro atoms. The second-order valence-corrected chi connectivity index (χ2v) is 9.72. The summed E-state index contributed by atoms with van der Waals surface area (Å²) in [6.07, 6.45) is 3.35. The van der Waals surface area contributed by atoms with Crippen LogP contribution in [0, 0.1) is 6.92 Å². The van der Waals surface area contributed by atoms with Gasteiger partial charge in [-0.1, -0.05) is 22.0 Å². The SMILES string of the molecule is COc1ccc(N=C2S/C(=C\c3ccc(-c4ccc(C)cc4Br)o3)C(=O)N2Cc2ccco2)cc1. The highest BCUT2D eigenvalue weighted by atomic mass is 79.9. The van der Waals surface area contributed by atoms with Crippen LogP contribution in [0.5, 0.6) is 5.75 Å². The average molecular weight is 549 g/mol. The fraction of sp³-hybridized carbons (Fsp3) is 0.111. The van der Waals surface area contributed by atoms with E-state index in [0.29, 0.717) is 21.6 Å². The number of methoxy groups -OCH3 is 1. The van der Waals surface area contributed by atoms with Crippen molar-refractivity contribution >= 4 is 50.5 Å². The van der Waals surface area contributed by atoms with Crippen molar-refractivity contribution in [2.75, 3.05) is 7.11 Å². The predicted octanol–water partition coefficient (Wildman–Crippen LogP) is 7.42. The first-order chi connectivity index (χ1) is 17.0. The number of aryl methyl sites for hydroxylation is 1. The number of hydrogen-bond acceptors (Lipinski definition) is 6. The monoisotopic (exact) mass is 548 g/mol. The Balaban J connectivity index is 1.45. The first-order valence-electron chi connectivity index (χ1n) is 10.8. The molecule has 2 aromatic heterocycles. The molecule has 3 heterocycles. The number of carbonyl (C=O) groups excluding carboxylic acids is 1. The lowest BCUT2D eigenvalue weighted by molar-refractivity contribution is -0.122. The van der Waals surface area contributed by atoms with Crippen molar-refractivity contribution in [1.29, 1.82) is 0 Å².